The van der Waals surface area contributed by atoms with Gasteiger partial charge in [0, 0.05) is 30.1 Å². The molecule has 1 aliphatic rings. The largest absolute Gasteiger partial charge is 0.326 e. The van der Waals surface area contributed by atoms with Crippen LogP contribution in [0.4, 0.5) is 0 Å². The van der Waals surface area contributed by atoms with Crippen molar-refractivity contribution < 1.29 is 0 Å². The zero-order valence-electron chi connectivity index (χ0n) is 9.70. The van der Waals surface area contributed by atoms with Crippen molar-refractivity contribution in [2.45, 2.75) is 19.5 Å². The Morgan fingerprint density at radius 3 is 2.71 bits per heavy atom. The van der Waals surface area contributed by atoms with Crippen LogP contribution in [0, 0.1) is 5.92 Å². The number of hydrogen-bond acceptors (Lipinski definition) is 2. The number of likely N-dealkylation sites (tertiary alicyclic amines) is 1. The summed E-state index contributed by atoms with van der Waals surface area (Å²) in [4.78, 5) is 2.38. The topological polar surface area (TPSA) is 29.3 Å². The molecular weight excluding hydrogens is 323 g/mol. The number of benzene rings is 1. The van der Waals surface area contributed by atoms with E-state index in [2.05, 4.69) is 33.8 Å². The second-order valence-corrected chi connectivity index (χ2v) is 5.85. The molecule has 1 aromatic rings. The smallest absolute Gasteiger partial charge is 0.0551 e. The molecule has 2 rings (SSSR count). The van der Waals surface area contributed by atoms with Crippen LogP contribution in [0.5, 0.6) is 0 Å². The maximum Gasteiger partial charge on any atom is 0.0551 e. The molecule has 1 fully saturated rings. The third-order valence-electron chi connectivity index (χ3n) is 3.14. The first-order chi connectivity index (χ1) is 7.56. The van der Waals surface area contributed by atoms with Gasteiger partial charge in [-0.3, -0.25) is 4.90 Å². The standard InChI is InChI=1S/C12H16BrClN2.ClH/c1-8-5-16(7-12(8)15)6-9-2-3-10(13)11(14)4-9;/h2-4,8,12H,5-7,15H2,1H3;1H. The fourth-order valence-corrected chi connectivity index (χ4v) is 2.57. The van der Waals surface area contributed by atoms with E-state index in [-0.39, 0.29) is 12.4 Å². The SMILES string of the molecule is CC1CN(Cc2ccc(Br)c(Cl)c2)CC1N.Cl. The quantitative estimate of drug-likeness (QED) is 0.895. The van der Waals surface area contributed by atoms with Gasteiger partial charge in [-0.1, -0.05) is 24.6 Å². The van der Waals surface area contributed by atoms with Crippen molar-refractivity contribution in [1.82, 2.24) is 4.90 Å². The Morgan fingerprint density at radius 1 is 1.47 bits per heavy atom. The molecule has 2 atom stereocenters. The Kier molecular flexibility index (Phi) is 5.74. The second kappa shape index (κ2) is 6.39. The summed E-state index contributed by atoms with van der Waals surface area (Å²) in [5.74, 6) is 0.589. The molecule has 1 heterocycles. The van der Waals surface area contributed by atoms with Gasteiger partial charge in [0.15, 0.2) is 0 Å². The summed E-state index contributed by atoms with van der Waals surface area (Å²) >= 11 is 9.46. The lowest BCUT2D eigenvalue weighted by Crippen LogP contribution is -2.28. The molecule has 17 heavy (non-hydrogen) atoms. The highest BCUT2D eigenvalue weighted by Crippen LogP contribution is 2.25. The Balaban J connectivity index is 0.00000144. The van der Waals surface area contributed by atoms with E-state index in [1.807, 2.05) is 12.1 Å². The molecular formula is C12H17BrCl2N2. The second-order valence-electron chi connectivity index (χ2n) is 4.58. The fourth-order valence-electron chi connectivity index (χ4n) is 2.12. The molecule has 1 aromatic carbocycles. The lowest BCUT2D eigenvalue weighted by molar-refractivity contribution is 0.319. The van der Waals surface area contributed by atoms with Gasteiger partial charge >= 0.3 is 0 Å². The van der Waals surface area contributed by atoms with E-state index < -0.39 is 0 Å². The van der Waals surface area contributed by atoms with Crippen LogP contribution < -0.4 is 5.73 Å². The van der Waals surface area contributed by atoms with Crippen LogP contribution in [0.25, 0.3) is 0 Å². The molecule has 1 aliphatic heterocycles. The van der Waals surface area contributed by atoms with Crippen LogP contribution in [0.2, 0.25) is 5.02 Å². The molecule has 0 radical (unpaired) electrons. The van der Waals surface area contributed by atoms with Gasteiger partial charge in [0.25, 0.3) is 0 Å². The van der Waals surface area contributed by atoms with Crippen molar-refractivity contribution >= 4 is 39.9 Å². The molecule has 2 N–H and O–H groups in total. The van der Waals surface area contributed by atoms with Crippen LogP contribution in [-0.2, 0) is 6.54 Å². The zero-order chi connectivity index (χ0) is 11.7. The van der Waals surface area contributed by atoms with E-state index in [4.69, 9.17) is 17.3 Å². The van der Waals surface area contributed by atoms with Crippen LogP contribution in [0.3, 0.4) is 0 Å². The summed E-state index contributed by atoms with van der Waals surface area (Å²) in [5, 5.41) is 0.772. The Bertz CT molecular complexity index is 377. The summed E-state index contributed by atoms with van der Waals surface area (Å²) in [6.45, 7) is 5.20. The van der Waals surface area contributed by atoms with Gasteiger partial charge < -0.3 is 5.73 Å². The Hall–Kier alpha value is 0.200. The maximum absolute atomic E-state index is 6.07. The molecule has 0 bridgehead atoms. The van der Waals surface area contributed by atoms with E-state index in [0.717, 1.165) is 29.1 Å². The molecule has 2 unspecified atom stereocenters. The first-order valence-electron chi connectivity index (χ1n) is 5.48. The summed E-state index contributed by atoms with van der Waals surface area (Å²) in [5.41, 5.74) is 7.25. The lowest BCUT2D eigenvalue weighted by Gasteiger charge is -2.15. The van der Waals surface area contributed by atoms with Gasteiger partial charge in [-0.15, -0.1) is 12.4 Å². The maximum atomic E-state index is 6.07. The molecule has 2 nitrogen and oxygen atoms in total. The number of nitrogens with two attached hydrogens (primary N) is 1. The van der Waals surface area contributed by atoms with Crippen molar-refractivity contribution in [2.75, 3.05) is 13.1 Å². The zero-order valence-corrected chi connectivity index (χ0v) is 12.9. The van der Waals surface area contributed by atoms with Crippen molar-refractivity contribution in [3.8, 4) is 0 Å². The first kappa shape index (κ1) is 15.3. The fraction of sp³-hybridized carbons (Fsp3) is 0.500. The van der Waals surface area contributed by atoms with E-state index in [9.17, 15) is 0 Å². The van der Waals surface area contributed by atoms with Crippen LogP contribution >= 0.6 is 39.9 Å². The van der Waals surface area contributed by atoms with Gasteiger partial charge in [-0.25, -0.2) is 0 Å². The number of nitrogens with zero attached hydrogens (tertiary/aromatic N) is 1. The van der Waals surface area contributed by atoms with E-state index in [1.54, 1.807) is 0 Å². The molecule has 0 saturated carbocycles. The average Bonchev–Trinajstić information content (AvgIpc) is 2.52. The number of hydrogen-bond donors (Lipinski definition) is 1. The Morgan fingerprint density at radius 2 is 2.18 bits per heavy atom. The first-order valence-corrected chi connectivity index (χ1v) is 6.65. The molecule has 0 spiro atoms. The minimum absolute atomic E-state index is 0. The predicted octanol–water partition coefficient (Wildman–Crippen LogP) is 3.30. The van der Waals surface area contributed by atoms with Crippen LogP contribution in [0.15, 0.2) is 22.7 Å². The molecule has 0 aromatic heterocycles. The summed E-state index contributed by atoms with van der Waals surface area (Å²) in [7, 11) is 0. The normalized spacial score (nSPS) is 24.7. The van der Waals surface area contributed by atoms with E-state index in [1.165, 1.54) is 5.56 Å². The highest BCUT2D eigenvalue weighted by molar-refractivity contribution is 9.10. The predicted molar refractivity (Wildman–Crippen MR) is 78.8 cm³/mol. The molecule has 0 amide bonds. The average molecular weight is 340 g/mol. The lowest BCUT2D eigenvalue weighted by atomic mass is 10.1. The minimum Gasteiger partial charge on any atom is -0.326 e. The van der Waals surface area contributed by atoms with Crippen molar-refractivity contribution in [1.29, 1.82) is 0 Å². The van der Waals surface area contributed by atoms with E-state index >= 15 is 0 Å². The molecule has 96 valence electrons. The van der Waals surface area contributed by atoms with Crippen molar-refractivity contribution in [3.05, 3.63) is 33.3 Å². The van der Waals surface area contributed by atoms with Crippen LogP contribution in [0.1, 0.15) is 12.5 Å². The highest BCUT2D eigenvalue weighted by Gasteiger charge is 2.26. The summed E-state index contributed by atoms with van der Waals surface area (Å²) in [6.07, 6.45) is 0. The van der Waals surface area contributed by atoms with E-state index in [0.29, 0.717) is 12.0 Å². The molecule has 5 heteroatoms. The van der Waals surface area contributed by atoms with Crippen molar-refractivity contribution in [3.63, 3.8) is 0 Å². The highest BCUT2D eigenvalue weighted by atomic mass is 79.9. The van der Waals surface area contributed by atoms with Crippen molar-refractivity contribution in [2.24, 2.45) is 11.7 Å². The van der Waals surface area contributed by atoms with Gasteiger partial charge in [-0.2, -0.15) is 0 Å². The number of rotatable bonds is 2. The van der Waals surface area contributed by atoms with Gasteiger partial charge in [-0.05, 0) is 39.5 Å². The monoisotopic (exact) mass is 338 g/mol. The third kappa shape index (κ3) is 3.83. The Labute approximate surface area is 122 Å². The van der Waals surface area contributed by atoms with Gasteiger partial charge in [0.2, 0.25) is 0 Å². The summed E-state index contributed by atoms with van der Waals surface area (Å²) in [6, 6.07) is 6.42. The summed E-state index contributed by atoms with van der Waals surface area (Å²) < 4.78 is 0.949. The molecule has 0 aliphatic carbocycles. The number of halogens is 3. The van der Waals surface area contributed by atoms with Crippen LogP contribution in [-0.4, -0.2) is 24.0 Å². The molecule has 1 saturated heterocycles. The third-order valence-corrected chi connectivity index (χ3v) is 4.37. The minimum atomic E-state index is 0. The van der Waals surface area contributed by atoms with Gasteiger partial charge in [0.1, 0.15) is 0 Å². The van der Waals surface area contributed by atoms with Gasteiger partial charge in [0.05, 0.1) is 5.02 Å².